The number of hydrogen-bond donors (Lipinski definition) is 1. The molecule has 0 spiro atoms. The van der Waals surface area contributed by atoms with Crippen molar-refractivity contribution in [3.05, 3.63) is 50.7 Å². The van der Waals surface area contributed by atoms with Crippen molar-refractivity contribution in [3.8, 4) is 11.4 Å². The van der Waals surface area contributed by atoms with Crippen LogP contribution in [0.25, 0.3) is 16.7 Å². The Bertz CT molecular complexity index is 839. The summed E-state index contributed by atoms with van der Waals surface area (Å²) in [6.07, 6.45) is 3.32. The van der Waals surface area contributed by atoms with Crippen molar-refractivity contribution < 1.29 is 9.47 Å². The second kappa shape index (κ2) is 6.49. The molecule has 0 bridgehead atoms. The summed E-state index contributed by atoms with van der Waals surface area (Å²) in [4.78, 5) is 18.9. The van der Waals surface area contributed by atoms with Crippen LogP contribution in [-0.4, -0.2) is 34.9 Å². The molecular formula is C15H14IN3O3. The predicted octanol–water partition coefficient (Wildman–Crippen LogP) is 2.34. The predicted molar refractivity (Wildman–Crippen MR) is 91.8 cm³/mol. The van der Waals surface area contributed by atoms with E-state index in [0.29, 0.717) is 24.2 Å². The summed E-state index contributed by atoms with van der Waals surface area (Å²) in [7, 11) is 1.64. The average molecular weight is 411 g/mol. The van der Waals surface area contributed by atoms with Gasteiger partial charge in [-0.15, -0.1) is 0 Å². The molecule has 0 fully saturated rings. The lowest BCUT2D eigenvalue weighted by molar-refractivity contribution is 0.146. The topological polar surface area (TPSA) is 69.1 Å². The van der Waals surface area contributed by atoms with Gasteiger partial charge in [0.25, 0.3) is 5.56 Å². The number of ether oxygens (including phenoxy) is 2. The summed E-state index contributed by atoms with van der Waals surface area (Å²) in [5.74, 6) is 0.763. The number of aromatic nitrogens is 3. The molecule has 6 nitrogen and oxygen atoms in total. The van der Waals surface area contributed by atoms with E-state index in [1.165, 1.54) is 6.33 Å². The van der Waals surface area contributed by atoms with Crippen molar-refractivity contribution in [2.45, 2.75) is 0 Å². The van der Waals surface area contributed by atoms with Gasteiger partial charge in [0.1, 0.15) is 23.4 Å². The van der Waals surface area contributed by atoms with Crippen molar-refractivity contribution in [2.75, 3.05) is 20.3 Å². The van der Waals surface area contributed by atoms with Crippen LogP contribution < -0.4 is 10.3 Å². The summed E-state index contributed by atoms with van der Waals surface area (Å²) >= 11 is 2.18. The van der Waals surface area contributed by atoms with Crippen LogP contribution in [0.2, 0.25) is 0 Å². The number of rotatable bonds is 5. The van der Waals surface area contributed by atoms with Gasteiger partial charge in [0.15, 0.2) is 0 Å². The Morgan fingerprint density at radius 3 is 2.77 bits per heavy atom. The molecule has 0 radical (unpaired) electrons. The summed E-state index contributed by atoms with van der Waals surface area (Å²) in [5, 5.41) is 0. The quantitative estimate of drug-likeness (QED) is 0.517. The normalized spacial score (nSPS) is 11.0. The Kier molecular flexibility index (Phi) is 4.44. The highest BCUT2D eigenvalue weighted by molar-refractivity contribution is 14.1. The molecular weight excluding hydrogens is 397 g/mol. The zero-order chi connectivity index (χ0) is 15.5. The fraction of sp³-hybridized carbons (Fsp3) is 0.200. The number of hydrogen-bond acceptors (Lipinski definition) is 4. The number of benzene rings is 1. The monoisotopic (exact) mass is 411 g/mol. The smallest absolute Gasteiger partial charge is 0.275 e. The van der Waals surface area contributed by atoms with E-state index in [1.54, 1.807) is 7.11 Å². The van der Waals surface area contributed by atoms with Crippen LogP contribution in [0.4, 0.5) is 0 Å². The lowest BCUT2D eigenvalue weighted by atomic mass is 10.3. The van der Waals surface area contributed by atoms with E-state index >= 15 is 0 Å². The minimum Gasteiger partial charge on any atom is -0.491 e. The summed E-state index contributed by atoms with van der Waals surface area (Å²) < 4.78 is 13.2. The van der Waals surface area contributed by atoms with E-state index in [-0.39, 0.29) is 5.56 Å². The van der Waals surface area contributed by atoms with E-state index in [0.717, 1.165) is 15.0 Å². The Labute approximate surface area is 140 Å². The molecule has 22 heavy (non-hydrogen) atoms. The molecule has 0 unspecified atom stereocenters. The van der Waals surface area contributed by atoms with Gasteiger partial charge in [-0.25, -0.2) is 4.98 Å². The largest absolute Gasteiger partial charge is 0.491 e. The Morgan fingerprint density at radius 1 is 1.27 bits per heavy atom. The van der Waals surface area contributed by atoms with Crippen LogP contribution in [-0.2, 0) is 4.74 Å². The molecule has 1 N–H and O–H groups in total. The molecule has 2 aromatic heterocycles. The van der Waals surface area contributed by atoms with E-state index in [2.05, 4.69) is 32.6 Å². The van der Waals surface area contributed by atoms with Crippen LogP contribution in [0, 0.1) is 3.57 Å². The second-order valence-electron chi connectivity index (χ2n) is 4.61. The molecule has 0 amide bonds. The number of halogens is 1. The molecule has 2 heterocycles. The van der Waals surface area contributed by atoms with Crippen LogP contribution in [0.1, 0.15) is 0 Å². The van der Waals surface area contributed by atoms with Gasteiger partial charge in [0.05, 0.1) is 16.5 Å². The number of nitrogens with one attached hydrogen (secondary N) is 1. The lowest BCUT2D eigenvalue weighted by Crippen LogP contribution is -2.10. The summed E-state index contributed by atoms with van der Waals surface area (Å²) in [6.45, 7) is 1.05. The first kappa shape index (κ1) is 15.0. The molecule has 3 aromatic rings. The number of nitrogens with zero attached hydrogens (tertiary/aromatic N) is 2. The van der Waals surface area contributed by atoms with Crippen LogP contribution in [0.15, 0.2) is 41.6 Å². The maximum atomic E-state index is 12.1. The van der Waals surface area contributed by atoms with Crippen LogP contribution in [0.3, 0.4) is 0 Å². The third-order valence-electron chi connectivity index (χ3n) is 3.21. The Hall–Kier alpha value is -1.87. The third-order valence-corrected chi connectivity index (χ3v) is 4.00. The van der Waals surface area contributed by atoms with Gasteiger partial charge in [0.2, 0.25) is 0 Å². The van der Waals surface area contributed by atoms with E-state index in [9.17, 15) is 4.79 Å². The van der Waals surface area contributed by atoms with Gasteiger partial charge in [0, 0.05) is 19.0 Å². The van der Waals surface area contributed by atoms with Gasteiger partial charge in [-0.3, -0.25) is 4.79 Å². The fourth-order valence-corrected chi connectivity index (χ4v) is 2.85. The number of methoxy groups -OCH3 is 1. The first-order valence-corrected chi connectivity index (χ1v) is 7.75. The van der Waals surface area contributed by atoms with Gasteiger partial charge >= 0.3 is 0 Å². The molecule has 114 valence electrons. The van der Waals surface area contributed by atoms with E-state index in [1.807, 2.05) is 35.0 Å². The zero-order valence-electron chi connectivity index (χ0n) is 11.9. The lowest BCUT2D eigenvalue weighted by Gasteiger charge is -2.08. The number of H-pyrrole nitrogens is 1. The van der Waals surface area contributed by atoms with Crippen molar-refractivity contribution in [2.24, 2.45) is 0 Å². The molecule has 0 aliphatic heterocycles. The molecule has 7 heteroatoms. The molecule has 3 rings (SSSR count). The number of aromatic amines is 1. The highest BCUT2D eigenvalue weighted by Crippen LogP contribution is 2.23. The third kappa shape index (κ3) is 2.86. The maximum Gasteiger partial charge on any atom is 0.275 e. The molecule has 0 saturated carbocycles. The van der Waals surface area contributed by atoms with Gasteiger partial charge in [-0.1, -0.05) is 0 Å². The second-order valence-corrected chi connectivity index (χ2v) is 5.77. The first-order valence-electron chi connectivity index (χ1n) is 6.67. The van der Waals surface area contributed by atoms with Crippen LogP contribution in [0.5, 0.6) is 5.75 Å². The van der Waals surface area contributed by atoms with E-state index in [4.69, 9.17) is 9.47 Å². The Morgan fingerprint density at radius 2 is 2.05 bits per heavy atom. The van der Waals surface area contributed by atoms with Crippen LogP contribution >= 0.6 is 22.6 Å². The highest BCUT2D eigenvalue weighted by atomic mass is 127. The standard InChI is InChI=1S/C15H14IN3O3/c1-21-6-7-22-11-4-2-10(3-5-11)19-8-12(16)13-14(19)15(20)18-9-17-13/h2-5,8-9H,6-7H2,1H3,(H,17,18,20). The SMILES string of the molecule is COCCOc1ccc(-n2cc(I)c3nc[nH]c(=O)c32)cc1. The van der Waals surface area contributed by atoms with Gasteiger partial charge in [-0.2, -0.15) is 0 Å². The minimum absolute atomic E-state index is 0.159. The van der Waals surface area contributed by atoms with Crippen molar-refractivity contribution in [1.29, 1.82) is 0 Å². The number of fused-ring (bicyclic) bond motifs is 1. The zero-order valence-corrected chi connectivity index (χ0v) is 14.0. The highest BCUT2D eigenvalue weighted by Gasteiger charge is 2.12. The molecule has 1 aromatic carbocycles. The Balaban J connectivity index is 1.96. The fourth-order valence-electron chi connectivity index (χ4n) is 2.18. The summed E-state index contributed by atoms with van der Waals surface area (Å²) in [6, 6.07) is 7.55. The summed E-state index contributed by atoms with van der Waals surface area (Å²) in [5.41, 5.74) is 1.96. The van der Waals surface area contributed by atoms with Gasteiger partial charge in [-0.05, 0) is 46.9 Å². The molecule has 0 aliphatic carbocycles. The minimum atomic E-state index is -0.159. The van der Waals surface area contributed by atoms with E-state index < -0.39 is 0 Å². The van der Waals surface area contributed by atoms with Crippen molar-refractivity contribution >= 4 is 33.6 Å². The van der Waals surface area contributed by atoms with Gasteiger partial charge < -0.3 is 19.0 Å². The van der Waals surface area contributed by atoms with Crippen molar-refractivity contribution in [3.63, 3.8) is 0 Å². The average Bonchev–Trinajstić information content (AvgIpc) is 2.87. The first-order chi connectivity index (χ1) is 10.7. The maximum absolute atomic E-state index is 12.1. The van der Waals surface area contributed by atoms with Crippen molar-refractivity contribution in [1.82, 2.24) is 14.5 Å². The molecule has 0 aliphatic rings. The molecule has 0 atom stereocenters. The molecule has 0 saturated heterocycles.